The van der Waals surface area contributed by atoms with Crippen LogP contribution in [-0.2, 0) is 4.79 Å². The number of piperidine rings is 1. The highest BCUT2D eigenvalue weighted by molar-refractivity contribution is 5.76. The highest BCUT2D eigenvalue weighted by atomic mass is 16.1. The minimum atomic E-state index is -0.0838. The Morgan fingerprint density at radius 1 is 1.18 bits per heavy atom. The second-order valence-corrected chi connectivity index (χ2v) is 6.31. The van der Waals surface area contributed by atoms with Crippen molar-refractivity contribution in [1.29, 1.82) is 0 Å². The zero-order chi connectivity index (χ0) is 12.5. The lowest BCUT2D eigenvalue weighted by molar-refractivity contribution is -0.123. The molecule has 98 valence electrons. The third-order valence-corrected chi connectivity index (χ3v) is 5.04. The van der Waals surface area contributed by atoms with Gasteiger partial charge in [0.25, 0.3) is 0 Å². The molecule has 2 aliphatic rings. The predicted molar refractivity (Wildman–Crippen MR) is 69.5 cm³/mol. The molecule has 0 radical (unpaired) electrons. The van der Waals surface area contributed by atoms with E-state index in [4.69, 9.17) is 5.73 Å². The van der Waals surface area contributed by atoms with Gasteiger partial charge in [0, 0.05) is 12.0 Å². The van der Waals surface area contributed by atoms with Crippen molar-refractivity contribution >= 4 is 5.91 Å². The molecule has 1 heterocycles. The third kappa shape index (κ3) is 2.82. The second kappa shape index (κ2) is 4.97. The van der Waals surface area contributed by atoms with E-state index in [1.54, 1.807) is 0 Å². The first-order chi connectivity index (χ1) is 8.02. The molecule has 1 amide bonds. The topological polar surface area (TPSA) is 46.3 Å². The highest BCUT2D eigenvalue weighted by Crippen LogP contribution is 2.46. The molecule has 1 saturated heterocycles. The predicted octanol–water partition coefficient (Wildman–Crippen LogP) is 2.15. The van der Waals surface area contributed by atoms with Crippen molar-refractivity contribution in [3.05, 3.63) is 0 Å². The average Bonchev–Trinajstić information content (AvgIpc) is 2.30. The Morgan fingerprint density at radius 3 is 2.12 bits per heavy atom. The van der Waals surface area contributed by atoms with Crippen molar-refractivity contribution < 1.29 is 4.79 Å². The first kappa shape index (κ1) is 12.9. The van der Waals surface area contributed by atoms with Crippen molar-refractivity contribution in [1.82, 2.24) is 4.90 Å². The first-order valence-corrected chi connectivity index (χ1v) is 7.06. The van der Waals surface area contributed by atoms with Crippen molar-refractivity contribution in [2.24, 2.45) is 17.1 Å². The van der Waals surface area contributed by atoms with Gasteiger partial charge in [-0.25, -0.2) is 0 Å². The van der Waals surface area contributed by atoms with Gasteiger partial charge in [0.2, 0.25) is 5.91 Å². The molecule has 0 unspecified atom stereocenters. The third-order valence-electron chi connectivity index (χ3n) is 5.04. The molecule has 1 aliphatic heterocycles. The van der Waals surface area contributed by atoms with Gasteiger partial charge in [0.05, 0.1) is 0 Å². The normalized spacial score (nSPS) is 26.5. The van der Waals surface area contributed by atoms with Crippen LogP contribution >= 0.6 is 0 Å². The first-order valence-electron chi connectivity index (χ1n) is 7.06. The van der Waals surface area contributed by atoms with E-state index in [1.807, 2.05) is 0 Å². The maximum atomic E-state index is 11.2. The molecule has 0 aromatic rings. The fourth-order valence-corrected chi connectivity index (χ4v) is 3.53. The Labute approximate surface area is 105 Å². The zero-order valence-corrected chi connectivity index (χ0v) is 11.2. The van der Waals surface area contributed by atoms with E-state index in [2.05, 4.69) is 18.7 Å². The standard InChI is InChI=1S/C14H26N2O/c1-11(2)16-9-7-14(8-10-16)5-3-12(4-6-14)13(15)17/h11-12H,3-10H2,1-2H3,(H2,15,17). The summed E-state index contributed by atoms with van der Waals surface area (Å²) in [7, 11) is 0. The summed E-state index contributed by atoms with van der Waals surface area (Å²) in [5.74, 6) is 0.0724. The minimum Gasteiger partial charge on any atom is -0.369 e. The number of rotatable bonds is 2. The summed E-state index contributed by atoms with van der Waals surface area (Å²) >= 11 is 0. The number of amides is 1. The van der Waals surface area contributed by atoms with E-state index >= 15 is 0 Å². The summed E-state index contributed by atoms with van der Waals surface area (Å²) in [5, 5.41) is 0. The summed E-state index contributed by atoms with van der Waals surface area (Å²) in [6.45, 7) is 7.03. The van der Waals surface area contributed by atoms with Gasteiger partial charge in [0.15, 0.2) is 0 Å². The Morgan fingerprint density at radius 2 is 1.71 bits per heavy atom. The Kier molecular flexibility index (Phi) is 3.76. The number of primary amides is 1. The number of nitrogens with zero attached hydrogens (tertiary/aromatic N) is 1. The lowest BCUT2D eigenvalue weighted by Crippen LogP contribution is -2.45. The molecule has 2 fully saturated rings. The van der Waals surface area contributed by atoms with Crippen LogP contribution < -0.4 is 5.73 Å². The van der Waals surface area contributed by atoms with Crippen LogP contribution in [0.4, 0.5) is 0 Å². The molecule has 3 nitrogen and oxygen atoms in total. The molecule has 2 N–H and O–H groups in total. The van der Waals surface area contributed by atoms with E-state index in [1.165, 1.54) is 38.8 Å². The van der Waals surface area contributed by atoms with Crippen LogP contribution in [0.1, 0.15) is 52.4 Å². The van der Waals surface area contributed by atoms with Crippen LogP contribution in [0.3, 0.4) is 0 Å². The smallest absolute Gasteiger partial charge is 0.220 e. The fourth-order valence-electron chi connectivity index (χ4n) is 3.53. The molecule has 17 heavy (non-hydrogen) atoms. The summed E-state index contributed by atoms with van der Waals surface area (Å²) in [5.41, 5.74) is 5.94. The van der Waals surface area contributed by atoms with Crippen molar-refractivity contribution in [2.45, 2.75) is 58.4 Å². The fraction of sp³-hybridized carbons (Fsp3) is 0.929. The zero-order valence-electron chi connectivity index (χ0n) is 11.2. The number of hydrogen-bond donors (Lipinski definition) is 1. The summed E-state index contributed by atoms with van der Waals surface area (Å²) in [6, 6.07) is 0.675. The van der Waals surface area contributed by atoms with Gasteiger partial charge < -0.3 is 10.6 Å². The number of nitrogens with two attached hydrogens (primary N) is 1. The Balaban J connectivity index is 1.86. The number of carbonyl (C=O) groups is 1. The molecular formula is C14H26N2O. The highest BCUT2D eigenvalue weighted by Gasteiger charge is 2.39. The SMILES string of the molecule is CC(C)N1CCC2(CCC(C(N)=O)CC2)CC1. The van der Waals surface area contributed by atoms with E-state index in [0.717, 1.165) is 12.8 Å². The maximum absolute atomic E-state index is 11.2. The molecular weight excluding hydrogens is 212 g/mol. The monoisotopic (exact) mass is 238 g/mol. The van der Waals surface area contributed by atoms with Gasteiger partial charge in [-0.1, -0.05) is 0 Å². The number of hydrogen-bond acceptors (Lipinski definition) is 2. The van der Waals surface area contributed by atoms with Gasteiger partial charge in [-0.15, -0.1) is 0 Å². The van der Waals surface area contributed by atoms with Crippen LogP contribution in [0, 0.1) is 11.3 Å². The molecule has 0 aromatic carbocycles. The quantitative estimate of drug-likeness (QED) is 0.801. The van der Waals surface area contributed by atoms with Gasteiger partial charge in [-0.2, -0.15) is 0 Å². The molecule has 3 heteroatoms. The largest absolute Gasteiger partial charge is 0.369 e. The Hall–Kier alpha value is -0.570. The van der Waals surface area contributed by atoms with Crippen molar-refractivity contribution in [3.63, 3.8) is 0 Å². The van der Waals surface area contributed by atoms with Crippen molar-refractivity contribution in [3.8, 4) is 0 Å². The molecule has 1 aliphatic carbocycles. The summed E-state index contributed by atoms with van der Waals surface area (Å²) in [4.78, 5) is 13.8. The van der Waals surface area contributed by atoms with Gasteiger partial charge >= 0.3 is 0 Å². The molecule has 0 bridgehead atoms. The molecule has 0 atom stereocenters. The molecule has 2 rings (SSSR count). The minimum absolute atomic E-state index is 0.0838. The average molecular weight is 238 g/mol. The molecule has 1 spiro atoms. The summed E-state index contributed by atoms with van der Waals surface area (Å²) < 4.78 is 0. The van der Waals surface area contributed by atoms with Crippen molar-refractivity contribution in [2.75, 3.05) is 13.1 Å². The lowest BCUT2D eigenvalue weighted by atomic mass is 9.65. The number of likely N-dealkylation sites (tertiary alicyclic amines) is 1. The molecule has 1 saturated carbocycles. The van der Waals surface area contributed by atoms with Gasteiger partial charge in [-0.3, -0.25) is 4.79 Å². The van der Waals surface area contributed by atoms with Crippen LogP contribution in [0.25, 0.3) is 0 Å². The summed E-state index contributed by atoms with van der Waals surface area (Å²) in [6.07, 6.45) is 7.11. The molecule has 0 aromatic heterocycles. The lowest BCUT2D eigenvalue weighted by Gasteiger charge is -2.46. The van der Waals surface area contributed by atoms with Gasteiger partial charge in [0.1, 0.15) is 0 Å². The maximum Gasteiger partial charge on any atom is 0.220 e. The number of carbonyl (C=O) groups excluding carboxylic acids is 1. The van der Waals surface area contributed by atoms with Crippen LogP contribution in [0.2, 0.25) is 0 Å². The van der Waals surface area contributed by atoms with Gasteiger partial charge in [-0.05, 0) is 70.9 Å². The van der Waals surface area contributed by atoms with Crippen LogP contribution in [-0.4, -0.2) is 29.9 Å². The van der Waals surface area contributed by atoms with Crippen LogP contribution in [0.15, 0.2) is 0 Å². The van der Waals surface area contributed by atoms with Crippen LogP contribution in [0.5, 0.6) is 0 Å². The van der Waals surface area contributed by atoms with E-state index in [9.17, 15) is 4.79 Å². The Bertz CT molecular complexity index is 270. The van der Waals surface area contributed by atoms with E-state index in [-0.39, 0.29) is 11.8 Å². The van der Waals surface area contributed by atoms with E-state index in [0.29, 0.717) is 11.5 Å². The van der Waals surface area contributed by atoms with E-state index < -0.39 is 0 Å². The second-order valence-electron chi connectivity index (χ2n) is 6.31.